The number of nitrogens with zero attached hydrogens (tertiary/aromatic N) is 1. The summed E-state index contributed by atoms with van der Waals surface area (Å²) in [6.07, 6.45) is 1.87. The molecule has 7 nitrogen and oxygen atoms in total. The minimum atomic E-state index is -3.67. The van der Waals surface area contributed by atoms with Gasteiger partial charge in [0.15, 0.2) is 6.61 Å². The lowest BCUT2D eigenvalue weighted by Gasteiger charge is -2.29. The van der Waals surface area contributed by atoms with Gasteiger partial charge in [0.25, 0.3) is 5.91 Å². The fourth-order valence-electron chi connectivity index (χ4n) is 3.40. The standard InChI is InChI=1S/C22H29N3O4S/c1-17(18-6-4-3-5-7-18)24-30(27,28)21-10-8-20(9-11-21)29-16-22(26)23-19-12-14-25(2)15-13-19/h3-11,17,19,24H,12-16H2,1-2H3,(H,23,26)/t17-/m0/s1. The number of ether oxygens (including phenoxy) is 1. The third-order valence-corrected chi connectivity index (χ3v) is 6.78. The number of carbonyl (C=O) groups excluding carboxylic acids is 1. The molecule has 0 saturated carbocycles. The maximum absolute atomic E-state index is 12.6. The van der Waals surface area contributed by atoms with Crippen LogP contribution < -0.4 is 14.8 Å². The Morgan fingerprint density at radius 3 is 2.37 bits per heavy atom. The van der Waals surface area contributed by atoms with Gasteiger partial charge >= 0.3 is 0 Å². The highest BCUT2D eigenvalue weighted by atomic mass is 32.2. The van der Waals surface area contributed by atoms with Crippen molar-refractivity contribution < 1.29 is 17.9 Å². The van der Waals surface area contributed by atoms with Gasteiger partial charge in [0, 0.05) is 12.1 Å². The summed E-state index contributed by atoms with van der Waals surface area (Å²) in [6.45, 7) is 3.65. The number of likely N-dealkylation sites (tertiary alicyclic amines) is 1. The molecule has 0 spiro atoms. The first-order valence-electron chi connectivity index (χ1n) is 10.1. The molecule has 2 N–H and O–H groups in total. The molecule has 1 fully saturated rings. The lowest BCUT2D eigenvalue weighted by atomic mass is 10.1. The van der Waals surface area contributed by atoms with Crippen LogP contribution in [0.5, 0.6) is 5.75 Å². The Labute approximate surface area is 178 Å². The van der Waals surface area contributed by atoms with Gasteiger partial charge in [-0.25, -0.2) is 13.1 Å². The van der Waals surface area contributed by atoms with Crippen molar-refractivity contribution in [3.8, 4) is 5.75 Å². The van der Waals surface area contributed by atoms with Crippen LogP contribution in [0.4, 0.5) is 0 Å². The second kappa shape index (κ2) is 10.1. The van der Waals surface area contributed by atoms with E-state index >= 15 is 0 Å². The molecular formula is C22H29N3O4S. The van der Waals surface area contributed by atoms with Gasteiger partial charge in [-0.05, 0) is 69.7 Å². The van der Waals surface area contributed by atoms with Crippen molar-refractivity contribution in [3.63, 3.8) is 0 Å². The number of benzene rings is 2. The lowest BCUT2D eigenvalue weighted by Crippen LogP contribution is -2.44. The molecule has 0 aliphatic carbocycles. The van der Waals surface area contributed by atoms with E-state index in [4.69, 9.17) is 4.74 Å². The number of hydrogen-bond donors (Lipinski definition) is 2. The lowest BCUT2D eigenvalue weighted by molar-refractivity contribution is -0.124. The van der Waals surface area contributed by atoms with Gasteiger partial charge in [-0.3, -0.25) is 4.79 Å². The number of rotatable bonds is 8. The van der Waals surface area contributed by atoms with Crippen LogP contribution in [-0.2, 0) is 14.8 Å². The van der Waals surface area contributed by atoms with Gasteiger partial charge in [0.05, 0.1) is 4.90 Å². The zero-order valence-electron chi connectivity index (χ0n) is 17.4. The van der Waals surface area contributed by atoms with Crippen LogP contribution in [0.15, 0.2) is 59.5 Å². The van der Waals surface area contributed by atoms with E-state index in [0.717, 1.165) is 31.5 Å². The van der Waals surface area contributed by atoms with Crippen molar-refractivity contribution in [3.05, 3.63) is 60.2 Å². The number of piperidine rings is 1. The summed E-state index contributed by atoms with van der Waals surface area (Å²) in [5.74, 6) is 0.281. The first-order chi connectivity index (χ1) is 14.3. The molecule has 2 aromatic rings. The first kappa shape index (κ1) is 22.3. The number of carbonyl (C=O) groups is 1. The summed E-state index contributed by atoms with van der Waals surface area (Å²) in [6, 6.07) is 15.3. The minimum Gasteiger partial charge on any atom is -0.484 e. The van der Waals surface area contributed by atoms with Crippen molar-refractivity contribution in [1.82, 2.24) is 14.9 Å². The Morgan fingerprint density at radius 1 is 1.10 bits per heavy atom. The smallest absolute Gasteiger partial charge is 0.258 e. The molecule has 3 rings (SSSR count). The highest BCUT2D eigenvalue weighted by molar-refractivity contribution is 7.89. The Balaban J connectivity index is 1.51. The third-order valence-electron chi connectivity index (χ3n) is 5.22. The van der Waals surface area contributed by atoms with Crippen molar-refractivity contribution in [2.24, 2.45) is 0 Å². The molecule has 0 aromatic heterocycles. The molecule has 1 amide bonds. The summed E-state index contributed by atoms with van der Waals surface area (Å²) >= 11 is 0. The molecular weight excluding hydrogens is 402 g/mol. The largest absolute Gasteiger partial charge is 0.484 e. The van der Waals surface area contributed by atoms with Gasteiger partial charge in [0.1, 0.15) is 5.75 Å². The van der Waals surface area contributed by atoms with Crippen LogP contribution >= 0.6 is 0 Å². The summed E-state index contributed by atoms with van der Waals surface area (Å²) in [4.78, 5) is 14.5. The Morgan fingerprint density at radius 2 is 1.73 bits per heavy atom. The summed E-state index contributed by atoms with van der Waals surface area (Å²) in [5, 5.41) is 2.99. The van der Waals surface area contributed by atoms with Crippen LogP contribution in [-0.4, -0.2) is 52.0 Å². The van der Waals surface area contributed by atoms with Gasteiger partial charge in [-0.1, -0.05) is 30.3 Å². The van der Waals surface area contributed by atoms with Gasteiger partial charge in [-0.2, -0.15) is 0 Å². The molecule has 1 saturated heterocycles. The zero-order chi connectivity index (χ0) is 21.6. The second-order valence-electron chi connectivity index (χ2n) is 7.66. The topological polar surface area (TPSA) is 87.7 Å². The number of nitrogens with one attached hydrogen (secondary N) is 2. The fourth-order valence-corrected chi connectivity index (χ4v) is 4.63. The quantitative estimate of drug-likeness (QED) is 0.670. The molecule has 30 heavy (non-hydrogen) atoms. The van der Waals surface area contributed by atoms with Crippen LogP contribution in [0.2, 0.25) is 0 Å². The number of hydrogen-bond acceptors (Lipinski definition) is 5. The third kappa shape index (κ3) is 6.29. The Kier molecular flexibility index (Phi) is 7.47. The van der Waals surface area contributed by atoms with Crippen molar-refractivity contribution in [2.75, 3.05) is 26.7 Å². The average Bonchev–Trinajstić information content (AvgIpc) is 2.74. The first-order valence-corrected chi connectivity index (χ1v) is 11.6. The molecule has 1 heterocycles. The van der Waals surface area contributed by atoms with E-state index < -0.39 is 10.0 Å². The summed E-state index contributed by atoms with van der Waals surface area (Å²) in [5.41, 5.74) is 0.886. The SMILES string of the molecule is C[C@H](NS(=O)(=O)c1ccc(OCC(=O)NC2CCN(C)CC2)cc1)c1ccccc1. The van der Waals surface area contributed by atoms with Crippen molar-refractivity contribution in [2.45, 2.75) is 36.7 Å². The van der Waals surface area contributed by atoms with E-state index in [9.17, 15) is 13.2 Å². The number of sulfonamides is 1. The normalized spacial score (nSPS) is 16.7. The molecule has 0 unspecified atom stereocenters. The van der Waals surface area contributed by atoms with Gasteiger partial charge in [0.2, 0.25) is 10.0 Å². The van der Waals surface area contributed by atoms with E-state index in [1.165, 1.54) is 12.1 Å². The average molecular weight is 432 g/mol. The zero-order valence-corrected chi connectivity index (χ0v) is 18.2. The molecule has 2 aromatic carbocycles. The van der Waals surface area contributed by atoms with Crippen LogP contribution in [0, 0.1) is 0 Å². The van der Waals surface area contributed by atoms with Gasteiger partial charge in [-0.15, -0.1) is 0 Å². The summed E-state index contributed by atoms with van der Waals surface area (Å²) < 4.78 is 33.4. The van der Waals surface area contributed by atoms with Gasteiger partial charge < -0.3 is 15.0 Å². The molecule has 8 heteroatoms. The van der Waals surface area contributed by atoms with E-state index in [2.05, 4.69) is 22.0 Å². The molecule has 0 radical (unpaired) electrons. The predicted molar refractivity (Wildman–Crippen MR) is 116 cm³/mol. The number of amides is 1. The van der Waals surface area contributed by atoms with E-state index in [1.807, 2.05) is 30.3 Å². The van der Waals surface area contributed by atoms with Crippen molar-refractivity contribution >= 4 is 15.9 Å². The predicted octanol–water partition coefficient (Wildman–Crippen LogP) is 2.32. The maximum atomic E-state index is 12.6. The van der Waals surface area contributed by atoms with Crippen LogP contribution in [0.25, 0.3) is 0 Å². The highest BCUT2D eigenvalue weighted by Crippen LogP contribution is 2.19. The van der Waals surface area contributed by atoms with Crippen molar-refractivity contribution in [1.29, 1.82) is 0 Å². The van der Waals surface area contributed by atoms with E-state index in [1.54, 1.807) is 19.1 Å². The van der Waals surface area contributed by atoms with E-state index in [0.29, 0.717) is 5.75 Å². The second-order valence-corrected chi connectivity index (χ2v) is 9.37. The Hall–Kier alpha value is -2.42. The Bertz CT molecular complexity index is 925. The van der Waals surface area contributed by atoms with Crippen LogP contribution in [0.1, 0.15) is 31.4 Å². The molecule has 162 valence electrons. The maximum Gasteiger partial charge on any atom is 0.258 e. The highest BCUT2D eigenvalue weighted by Gasteiger charge is 2.20. The molecule has 0 bridgehead atoms. The van der Waals surface area contributed by atoms with Crippen LogP contribution in [0.3, 0.4) is 0 Å². The summed E-state index contributed by atoms with van der Waals surface area (Å²) in [7, 11) is -1.60. The monoisotopic (exact) mass is 431 g/mol. The fraction of sp³-hybridized carbons (Fsp3) is 0.409. The molecule has 1 aliphatic rings. The molecule has 1 aliphatic heterocycles. The van der Waals surface area contributed by atoms with E-state index in [-0.39, 0.29) is 29.5 Å². The minimum absolute atomic E-state index is 0.0955. The molecule has 1 atom stereocenters.